The van der Waals surface area contributed by atoms with Crippen LogP contribution in [-0.2, 0) is 0 Å². The molecule has 0 aliphatic carbocycles. The molecule has 0 aliphatic heterocycles. The van der Waals surface area contributed by atoms with Crippen molar-refractivity contribution in [2.75, 3.05) is 0 Å². The van der Waals surface area contributed by atoms with Gasteiger partial charge >= 0.3 is 0 Å². The van der Waals surface area contributed by atoms with Crippen LogP contribution >= 0.6 is 0 Å². The number of aromatic nitrogens is 2. The molecule has 0 spiro atoms. The van der Waals surface area contributed by atoms with Gasteiger partial charge in [0.2, 0.25) is 0 Å². The fourth-order valence-electron chi connectivity index (χ4n) is 2.07. The van der Waals surface area contributed by atoms with Crippen molar-refractivity contribution in [2.24, 2.45) is 0 Å². The summed E-state index contributed by atoms with van der Waals surface area (Å²) in [6.07, 6.45) is 1.93. The number of aromatic amines is 1. The summed E-state index contributed by atoms with van der Waals surface area (Å²) in [6, 6.07) is 6.48. The highest BCUT2D eigenvalue weighted by atomic mass is 14.9. The zero-order valence-corrected chi connectivity index (χ0v) is 10.3. The van der Waals surface area contributed by atoms with Crippen molar-refractivity contribution < 1.29 is 0 Å². The molecule has 0 saturated heterocycles. The number of aryl methyl sites for hydroxylation is 2. The first kappa shape index (κ1) is 10.9. The Kier molecular flexibility index (Phi) is 2.82. The van der Waals surface area contributed by atoms with Crippen LogP contribution < -0.4 is 0 Å². The number of benzene rings is 1. The van der Waals surface area contributed by atoms with Gasteiger partial charge in [-0.15, -0.1) is 0 Å². The summed E-state index contributed by atoms with van der Waals surface area (Å²) in [4.78, 5) is 7.57. The van der Waals surface area contributed by atoms with Gasteiger partial charge in [-0.2, -0.15) is 0 Å². The number of hydrogen-bond donors (Lipinski definition) is 1. The molecule has 2 aromatic rings. The number of nitrogens with one attached hydrogen (secondary N) is 1. The van der Waals surface area contributed by atoms with Crippen molar-refractivity contribution in [3.05, 3.63) is 52.6 Å². The van der Waals surface area contributed by atoms with E-state index in [1.165, 1.54) is 22.4 Å². The van der Waals surface area contributed by atoms with Crippen LogP contribution in [0.25, 0.3) is 0 Å². The van der Waals surface area contributed by atoms with Gasteiger partial charge in [-0.25, -0.2) is 4.98 Å². The van der Waals surface area contributed by atoms with Crippen LogP contribution in [0.2, 0.25) is 0 Å². The zero-order valence-electron chi connectivity index (χ0n) is 10.3. The first-order chi connectivity index (χ1) is 7.59. The van der Waals surface area contributed by atoms with E-state index in [1.807, 2.05) is 13.1 Å². The SMILES string of the molecule is Cc1ncc(C(C)c2cccc(C)c2C)[nH]1. The molecule has 0 amide bonds. The Balaban J connectivity index is 2.41. The van der Waals surface area contributed by atoms with E-state index in [-0.39, 0.29) is 0 Å². The molecular weight excluding hydrogens is 196 g/mol. The third-order valence-corrected chi connectivity index (χ3v) is 3.30. The molecule has 0 fully saturated rings. The van der Waals surface area contributed by atoms with Crippen LogP contribution in [-0.4, -0.2) is 9.97 Å². The predicted molar refractivity (Wildman–Crippen MR) is 66.8 cm³/mol. The quantitative estimate of drug-likeness (QED) is 0.814. The maximum atomic E-state index is 4.26. The van der Waals surface area contributed by atoms with Gasteiger partial charge in [-0.1, -0.05) is 25.1 Å². The Hall–Kier alpha value is -1.57. The highest BCUT2D eigenvalue weighted by molar-refractivity contribution is 5.38. The van der Waals surface area contributed by atoms with Gasteiger partial charge in [0.25, 0.3) is 0 Å². The molecule has 1 heterocycles. The van der Waals surface area contributed by atoms with E-state index >= 15 is 0 Å². The topological polar surface area (TPSA) is 28.7 Å². The highest BCUT2D eigenvalue weighted by Crippen LogP contribution is 2.26. The number of H-pyrrole nitrogens is 1. The van der Waals surface area contributed by atoms with Crippen LogP contribution in [0, 0.1) is 20.8 Å². The van der Waals surface area contributed by atoms with Crippen molar-refractivity contribution in [1.29, 1.82) is 0 Å². The lowest BCUT2D eigenvalue weighted by molar-refractivity contribution is 0.866. The molecule has 2 rings (SSSR count). The Labute approximate surface area is 96.7 Å². The normalized spacial score (nSPS) is 12.8. The summed E-state index contributed by atoms with van der Waals surface area (Å²) < 4.78 is 0. The van der Waals surface area contributed by atoms with Gasteiger partial charge in [0.15, 0.2) is 0 Å². The van der Waals surface area contributed by atoms with Crippen molar-refractivity contribution in [3.8, 4) is 0 Å². The van der Waals surface area contributed by atoms with E-state index in [4.69, 9.17) is 0 Å². The minimum atomic E-state index is 0.376. The fourth-order valence-corrected chi connectivity index (χ4v) is 2.07. The minimum absolute atomic E-state index is 0.376. The van der Waals surface area contributed by atoms with Crippen LogP contribution in [0.15, 0.2) is 24.4 Å². The molecule has 2 heteroatoms. The summed E-state index contributed by atoms with van der Waals surface area (Å²) in [6.45, 7) is 8.54. The minimum Gasteiger partial charge on any atom is -0.346 e. The molecule has 0 radical (unpaired) electrons. The third kappa shape index (κ3) is 1.87. The number of nitrogens with zero attached hydrogens (tertiary/aromatic N) is 1. The van der Waals surface area contributed by atoms with Crippen LogP contribution in [0.3, 0.4) is 0 Å². The Morgan fingerprint density at radius 1 is 1.19 bits per heavy atom. The second kappa shape index (κ2) is 4.12. The second-order valence-electron chi connectivity index (χ2n) is 4.43. The lowest BCUT2D eigenvalue weighted by Gasteiger charge is -2.14. The van der Waals surface area contributed by atoms with Gasteiger partial charge in [0, 0.05) is 17.8 Å². The largest absolute Gasteiger partial charge is 0.346 e. The van der Waals surface area contributed by atoms with Gasteiger partial charge in [-0.3, -0.25) is 0 Å². The first-order valence-electron chi connectivity index (χ1n) is 5.67. The van der Waals surface area contributed by atoms with E-state index in [9.17, 15) is 0 Å². The molecule has 0 aliphatic rings. The van der Waals surface area contributed by atoms with E-state index in [1.54, 1.807) is 0 Å². The standard InChI is InChI=1S/C14H18N2/c1-9-6-5-7-13(10(9)2)11(3)14-8-15-12(4)16-14/h5-8,11H,1-4H3,(H,15,16). The Morgan fingerprint density at radius 2 is 1.94 bits per heavy atom. The van der Waals surface area contributed by atoms with Crippen LogP contribution in [0.5, 0.6) is 0 Å². The maximum absolute atomic E-state index is 4.26. The Bertz CT molecular complexity index is 497. The van der Waals surface area contributed by atoms with Crippen molar-refractivity contribution in [1.82, 2.24) is 9.97 Å². The molecule has 1 aromatic heterocycles. The van der Waals surface area contributed by atoms with Gasteiger partial charge < -0.3 is 4.98 Å². The van der Waals surface area contributed by atoms with E-state index in [0.29, 0.717) is 5.92 Å². The zero-order chi connectivity index (χ0) is 11.7. The van der Waals surface area contributed by atoms with Crippen molar-refractivity contribution in [3.63, 3.8) is 0 Å². The molecule has 2 nitrogen and oxygen atoms in total. The summed E-state index contributed by atoms with van der Waals surface area (Å²) in [5.41, 5.74) is 5.29. The van der Waals surface area contributed by atoms with Crippen LogP contribution in [0.1, 0.15) is 41.1 Å². The highest BCUT2D eigenvalue weighted by Gasteiger charge is 2.13. The summed E-state index contributed by atoms with van der Waals surface area (Å²) in [5, 5.41) is 0. The summed E-state index contributed by atoms with van der Waals surface area (Å²) in [5.74, 6) is 1.35. The summed E-state index contributed by atoms with van der Waals surface area (Å²) >= 11 is 0. The lowest BCUT2D eigenvalue weighted by atomic mass is 9.92. The molecule has 1 N–H and O–H groups in total. The predicted octanol–water partition coefficient (Wildman–Crippen LogP) is 3.49. The third-order valence-electron chi connectivity index (χ3n) is 3.30. The number of imidazole rings is 1. The van der Waals surface area contributed by atoms with E-state index in [0.717, 1.165) is 5.82 Å². The smallest absolute Gasteiger partial charge is 0.103 e. The molecule has 1 aromatic carbocycles. The molecule has 1 atom stereocenters. The first-order valence-corrected chi connectivity index (χ1v) is 5.67. The Morgan fingerprint density at radius 3 is 2.56 bits per heavy atom. The lowest BCUT2D eigenvalue weighted by Crippen LogP contribution is -2.00. The van der Waals surface area contributed by atoms with Crippen LogP contribution in [0.4, 0.5) is 0 Å². The van der Waals surface area contributed by atoms with E-state index < -0.39 is 0 Å². The molecule has 1 unspecified atom stereocenters. The van der Waals surface area contributed by atoms with Gasteiger partial charge in [0.1, 0.15) is 5.82 Å². The molecular formula is C14H18N2. The van der Waals surface area contributed by atoms with Crippen molar-refractivity contribution in [2.45, 2.75) is 33.6 Å². The van der Waals surface area contributed by atoms with E-state index in [2.05, 4.69) is 48.9 Å². The fraction of sp³-hybridized carbons (Fsp3) is 0.357. The van der Waals surface area contributed by atoms with Gasteiger partial charge in [0.05, 0.1) is 0 Å². The second-order valence-corrected chi connectivity index (χ2v) is 4.43. The molecule has 0 bridgehead atoms. The van der Waals surface area contributed by atoms with Gasteiger partial charge in [-0.05, 0) is 37.5 Å². The monoisotopic (exact) mass is 214 g/mol. The molecule has 16 heavy (non-hydrogen) atoms. The average Bonchev–Trinajstić information content (AvgIpc) is 2.68. The molecule has 84 valence electrons. The average molecular weight is 214 g/mol. The number of rotatable bonds is 2. The number of hydrogen-bond acceptors (Lipinski definition) is 1. The molecule has 0 saturated carbocycles. The summed E-state index contributed by atoms with van der Waals surface area (Å²) in [7, 11) is 0. The van der Waals surface area contributed by atoms with Crippen molar-refractivity contribution >= 4 is 0 Å². The maximum Gasteiger partial charge on any atom is 0.103 e.